The number of imidazole rings is 1. The van der Waals surface area contributed by atoms with Crippen LogP contribution in [0.1, 0.15) is 77.6 Å². The predicted octanol–water partition coefficient (Wildman–Crippen LogP) is 6.37. The highest BCUT2D eigenvalue weighted by Gasteiger charge is 2.34. The highest BCUT2D eigenvalue weighted by molar-refractivity contribution is 8.21. The van der Waals surface area contributed by atoms with E-state index >= 15 is 0 Å². The van der Waals surface area contributed by atoms with Crippen molar-refractivity contribution < 1.29 is 0 Å². The average Bonchev–Trinajstić information content (AvgIpc) is 3.24. The van der Waals surface area contributed by atoms with Crippen molar-refractivity contribution in [1.29, 1.82) is 0 Å². The Morgan fingerprint density at radius 2 is 1.57 bits per heavy atom. The minimum atomic E-state index is 0.491. The molecule has 0 amide bonds. The van der Waals surface area contributed by atoms with Gasteiger partial charge in [0.2, 0.25) is 0 Å². The van der Waals surface area contributed by atoms with E-state index in [0.29, 0.717) is 4.08 Å². The van der Waals surface area contributed by atoms with Crippen LogP contribution >= 0.6 is 23.5 Å². The topological polar surface area (TPSA) is 17.8 Å². The molecule has 1 aromatic rings. The van der Waals surface area contributed by atoms with Gasteiger partial charge in [-0.3, -0.25) is 0 Å². The quantitative estimate of drug-likeness (QED) is 0.383. The number of hydrogen-bond donors (Lipinski definition) is 0. The number of aryl methyl sites for hydroxylation is 1. The van der Waals surface area contributed by atoms with Crippen molar-refractivity contribution in [2.45, 2.75) is 88.2 Å². The van der Waals surface area contributed by atoms with Crippen molar-refractivity contribution in [3.05, 3.63) is 18.7 Å². The summed E-state index contributed by atoms with van der Waals surface area (Å²) in [6.07, 6.45) is 21.5. The standard InChI is InChI=1S/C19H34N2S2/c1-2-3-4-5-6-7-8-9-10-11-19(22-16-17-23-19)12-14-21-15-13-20-18-21/h13,15,18H,2-12,14,16-17H2,1H3. The first-order chi connectivity index (χ1) is 11.3. The maximum absolute atomic E-state index is 4.16. The molecule has 0 atom stereocenters. The van der Waals surface area contributed by atoms with Gasteiger partial charge in [-0.1, -0.05) is 64.7 Å². The molecule has 23 heavy (non-hydrogen) atoms. The Labute approximate surface area is 151 Å². The van der Waals surface area contributed by atoms with Crippen LogP contribution in [-0.2, 0) is 6.54 Å². The number of aromatic nitrogens is 2. The summed E-state index contributed by atoms with van der Waals surface area (Å²) < 4.78 is 2.73. The summed E-state index contributed by atoms with van der Waals surface area (Å²) in [6, 6.07) is 0. The fourth-order valence-corrected chi connectivity index (χ4v) is 6.63. The van der Waals surface area contributed by atoms with E-state index in [2.05, 4.69) is 46.2 Å². The summed E-state index contributed by atoms with van der Waals surface area (Å²) in [7, 11) is 0. The maximum Gasteiger partial charge on any atom is 0.0945 e. The first-order valence-corrected chi connectivity index (χ1v) is 11.6. The van der Waals surface area contributed by atoms with E-state index in [1.165, 1.54) is 82.1 Å². The molecule has 0 aliphatic carbocycles. The Balaban J connectivity index is 1.55. The molecule has 1 aliphatic heterocycles. The Bertz CT molecular complexity index is 386. The Morgan fingerprint density at radius 1 is 0.913 bits per heavy atom. The highest BCUT2D eigenvalue weighted by atomic mass is 32.2. The van der Waals surface area contributed by atoms with Crippen LogP contribution in [0.5, 0.6) is 0 Å². The highest BCUT2D eigenvalue weighted by Crippen LogP contribution is 2.50. The number of unbranched alkanes of at least 4 members (excludes halogenated alkanes) is 8. The molecule has 0 unspecified atom stereocenters. The lowest BCUT2D eigenvalue weighted by Gasteiger charge is -2.27. The Hall–Kier alpha value is -0.0900. The number of hydrogen-bond acceptors (Lipinski definition) is 3. The van der Waals surface area contributed by atoms with Gasteiger partial charge in [0.1, 0.15) is 0 Å². The smallest absolute Gasteiger partial charge is 0.0945 e. The van der Waals surface area contributed by atoms with Crippen LogP contribution < -0.4 is 0 Å². The first kappa shape index (κ1) is 19.2. The van der Waals surface area contributed by atoms with Gasteiger partial charge in [0.15, 0.2) is 0 Å². The van der Waals surface area contributed by atoms with Gasteiger partial charge in [0.05, 0.1) is 10.4 Å². The molecule has 0 N–H and O–H groups in total. The fraction of sp³-hybridized carbons (Fsp3) is 0.842. The first-order valence-electron chi connectivity index (χ1n) is 9.58. The van der Waals surface area contributed by atoms with Crippen LogP contribution in [0.3, 0.4) is 0 Å². The van der Waals surface area contributed by atoms with E-state index < -0.39 is 0 Å². The van der Waals surface area contributed by atoms with E-state index in [-0.39, 0.29) is 0 Å². The molecule has 1 aliphatic rings. The zero-order valence-electron chi connectivity index (χ0n) is 14.8. The van der Waals surface area contributed by atoms with Crippen molar-refractivity contribution in [1.82, 2.24) is 9.55 Å². The van der Waals surface area contributed by atoms with E-state index in [1.807, 2.05) is 12.5 Å². The molecule has 4 heteroatoms. The molecule has 1 aromatic heterocycles. The Kier molecular flexibility index (Phi) is 9.59. The molecule has 0 aromatic carbocycles. The van der Waals surface area contributed by atoms with Crippen molar-refractivity contribution >= 4 is 23.5 Å². The van der Waals surface area contributed by atoms with Crippen LogP contribution in [-0.4, -0.2) is 25.1 Å². The molecular weight excluding hydrogens is 320 g/mol. The van der Waals surface area contributed by atoms with Crippen LogP contribution in [0.2, 0.25) is 0 Å². The third-order valence-electron chi connectivity index (χ3n) is 4.78. The number of rotatable bonds is 13. The lowest BCUT2D eigenvalue weighted by atomic mass is 10.0. The van der Waals surface area contributed by atoms with Crippen molar-refractivity contribution in [3.8, 4) is 0 Å². The van der Waals surface area contributed by atoms with Crippen LogP contribution in [0.25, 0.3) is 0 Å². The summed E-state index contributed by atoms with van der Waals surface area (Å²) in [5, 5.41) is 0. The van der Waals surface area contributed by atoms with E-state index in [9.17, 15) is 0 Å². The van der Waals surface area contributed by atoms with Crippen LogP contribution in [0.15, 0.2) is 18.7 Å². The van der Waals surface area contributed by atoms with Gasteiger partial charge in [-0.05, 0) is 12.8 Å². The molecule has 2 nitrogen and oxygen atoms in total. The second-order valence-corrected chi connectivity index (χ2v) is 9.95. The van der Waals surface area contributed by atoms with Gasteiger partial charge < -0.3 is 4.57 Å². The summed E-state index contributed by atoms with van der Waals surface area (Å²) >= 11 is 4.44. The average molecular weight is 355 g/mol. The molecule has 2 rings (SSSR count). The predicted molar refractivity (Wildman–Crippen MR) is 106 cm³/mol. The largest absolute Gasteiger partial charge is 0.337 e. The van der Waals surface area contributed by atoms with E-state index in [1.54, 1.807) is 0 Å². The summed E-state index contributed by atoms with van der Waals surface area (Å²) in [5.74, 6) is 2.68. The van der Waals surface area contributed by atoms with Gasteiger partial charge in [0.25, 0.3) is 0 Å². The maximum atomic E-state index is 4.16. The van der Waals surface area contributed by atoms with E-state index in [4.69, 9.17) is 0 Å². The molecule has 1 fully saturated rings. The summed E-state index contributed by atoms with van der Waals surface area (Å²) in [6.45, 7) is 3.42. The Morgan fingerprint density at radius 3 is 2.17 bits per heavy atom. The normalized spacial score (nSPS) is 16.9. The minimum absolute atomic E-state index is 0.491. The van der Waals surface area contributed by atoms with Crippen LogP contribution in [0.4, 0.5) is 0 Å². The molecule has 1 saturated heterocycles. The molecule has 132 valence electrons. The van der Waals surface area contributed by atoms with Crippen molar-refractivity contribution in [2.24, 2.45) is 0 Å². The lowest BCUT2D eigenvalue weighted by Crippen LogP contribution is -2.19. The molecule has 0 radical (unpaired) electrons. The summed E-state index contributed by atoms with van der Waals surface area (Å²) in [5.41, 5.74) is 0. The zero-order chi connectivity index (χ0) is 16.2. The van der Waals surface area contributed by atoms with Gasteiger partial charge in [-0.25, -0.2) is 4.98 Å². The molecule has 0 bridgehead atoms. The zero-order valence-corrected chi connectivity index (χ0v) is 16.5. The van der Waals surface area contributed by atoms with Gasteiger partial charge in [-0.2, -0.15) is 0 Å². The molecular formula is C19H34N2S2. The lowest BCUT2D eigenvalue weighted by molar-refractivity contribution is 0.521. The number of nitrogens with zero attached hydrogens (tertiary/aromatic N) is 2. The third kappa shape index (κ3) is 7.55. The monoisotopic (exact) mass is 354 g/mol. The molecule has 0 saturated carbocycles. The van der Waals surface area contributed by atoms with Crippen LogP contribution in [0, 0.1) is 0 Å². The second kappa shape index (κ2) is 11.5. The second-order valence-electron chi connectivity index (χ2n) is 6.74. The van der Waals surface area contributed by atoms with Crippen molar-refractivity contribution in [2.75, 3.05) is 11.5 Å². The van der Waals surface area contributed by atoms with Gasteiger partial charge in [0, 0.05) is 30.4 Å². The van der Waals surface area contributed by atoms with Gasteiger partial charge in [-0.15, -0.1) is 23.5 Å². The molecule has 0 spiro atoms. The van der Waals surface area contributed by atoms with Gasteiger partial charge >= 0.3 is 0 Å². The SMILES string of the molecule is CCCCCCCCCCCC1(CCn2ccnc2)SCCS1. The van der Waals surface area contributed by atoms with Crippen molar-refractivity contribution in [3.63, 3.8) is 0 Å². The summed E-state index contributed by atoms with van der Waals surface area (Å²) in [4.78, 5) is 4.16. The molecule has 2 heterocycles. The number of thioether (sulfide) groups is 2. The van der Waals surface area contributed by atoms with E-state index in [0.717, 1.165) is 6.54 Å². The third-order valence-corrected chi connectivity index (χ3v) is 8.44. The minimum Gasteiger partial charge on any atom is -0.337 e. The fourth-order valence-electron chi connectivity index (χ4n) is 3.33.